The Labute approximate surface area is 187 Å². The fraction of sp³-hybridized carbons (Fsp3) is 0.458. The maximum Gasteiger partial charge on any atom is 0.264 e. The zero-order valence-electron chi connectivity index (χ0n) is 17.7. The smallest absolute Gasteiger partial charge is 0.264 e. The first kappa shape index (κ1) is 21.6. The highest BCUT2D eigenvalue weighted by atomic mass is 32.1. The molecular formula is C24H29N3O3S. The van der Waals surface area contributed by atoms with Gasteiger partial charge in [0.05, 0.1) is 4.88 Å². The van der Waals surface area contributed by atoms with Crippen LogP contribution < -0.4 is 5.32 Å². The molecule has 164 valence electrons. The second-order valence-electron chi connectivity index (χ2n) is 8.29. The highest BCUT2D eigenvalue weighted by Gasteiger charge is 2.38. The Morgan fingerprint density at radius 2 is 1.74 bits per heavy atom. The number of nitrogens with zero attached hydrogens (tertiary/aromatic N) is 2. The molecule has 2 saturated heterocycles. The number of rotatable bonds is 6. The molecule has 7 heteroatoms. The van der Waals surface area contributed by atoms with E-state index in [-0.39, 0.29) is 29.8 Å². The normalized spacial score (nSPS) is 19.4. The van der Waals surface area contributed by atoms with Crippen LogP contribution in [0.3, 0.4) is 0 Å². The number of hydrogen-bond donors (Lipinski definition) is 1. The van der Waals surface area contributed by atoms with Gasteiger partial charge in [0, 0.05) is 32.1 Å². The van der Waals surface area contributed by atoms with Crippen LogP contribution in [0, 0.1) is 0 Å². The number of hydrogen-bond acceptors (Lipinski definition) is 4. The summed E-state index contributed by atoms with van der Waals surface area (Å²) in [5.41, 5.74) is 1.16. The third-order valence-corrected chi connectivity index (χ3v) is 7.04. The summed E-state index contributed by atoms with van der Waals surface area (Å²) in [5, 5.41) is 5.01. The van der Waals surface area contributed by atoms with E-state index < -0.39 is 0 Å². The molecule has 0 bridgehead atoms. The Kier molecular flexibility index (Phi) is 7.02. The van der Waals surface area contributed by atoms with E-state index in [1.165, 1.54) is 11.3 Å². The van der Waals surface area contributed by atoms with Crippen molar-refractivity contribution < 1.29 is 14.4 Å². The highest BCUT2D eigenvalue weighted by molar-refractivity contribution is 7.12. The molecule has 0 aliphatic carbocycles. The molecule has 2 fully saturated rings. The summed E-state index contributed by atoms with van der Waals surface area (Å²) < 4.78 is 0. The Bertz CT molecular complexity index is 892. The Balaban J connectivity index is 1.24. The van der Waals surface area contributed by atoms with Crippen molar-refractivity contribution in [3.63, 3.8) is 0 Å². The molecule has 1 atom stereocenters. The lowest BCUT2D eigenvalue weighted by Gasteiger charge is -2.35. The standard InChI is InChI=1S/C24H29N3O3S/c28-22(11-10-18-6-2-1-3-7-18)25-19-12-15-26(16-13-19)23(29)20-8-4-14-27(20)24(30)21-9-5-17-31-21/h1-3,5-7,9,17,19-20H,4,8,10-16H2,(H,25,28)/t20-/m0/s1. The maximum atomic E-state index is 13.1. The van der Waals surface area contributed by atoms with Crippen molar-refractivity contribution in [3.8, 4) is 0 Å². The average molecular weight is 440 g/mol. The van der Waals surface area contributed by atoms with E-state index >= 15 is 0 Å². The predicted molar refractivity (Wildman–Crippen MR) is 121 cm³/mol. The molecule has 31 heavy (non-hydrogen) atoms. The number of carbonyl (C=O) groups is 3. The molecule has 2 aliphatic heterocycles. The summed E-state index contributed by atoms with van der Waals surface area (Å²) >= 11 is 1.42. The molecule has 1 aromatic heterocycles. The van der Waals surface area contributed by atoms with Gasteiger partial charge in [0.15, 0.2) is 0 Å². The average Bonchev–Trinajstić information content (AvgIpc) is 3.50. The van der Waals surface area contributed by atoms with Gasteiger partial charge in [0.2, 0.25) is 11.8 Å². The minimum atomic E-state index is -0.355. The number of likely N-dealkylation sites (tertiary alicyclic amines) is 2. The number of carbonyl (C=O) groups excluding carboxylic acids is 3. The van der Waals surface area contributed by atoms with Crippen LogP contribution in [0.25, 0.3) is 0 Å². The number of benzene rings is 1. The Hall–Kier alpha value is -2.67. The van der Waals surface area contributed by atoms with Crippen LogP contribution in [0.2, 0.25) is 0 Å². The lowest BCUT2D eigenvalue weighted by molar-refractivity contribution is -0.136. The summed E-state index contributed by atoms with van der Waals surface area (Å²) in [7, 11) is 0. The molecule has 0 radical (unpaired) electrons. The van der Waals surface area contributed by atoms with Gasteiger partial charge >= 0.3 is 0 Å². The predicted octanol–water partition coefficient (Wildman–Crippen LogP) is 3.09. The van der Waals surface area contributed by atoms with Crippen LogP contribution >= 0.6 is 11.3 Å². The molecule has 2 aromatic rings. The molecule has 2 aliphatic rings. The zero-order valence-corrected chi connectivity index (χ0v) is 18.5. The van der Waals surface area contributed by atoms with Gasteiger partial charge in [-0.3, -0.25) is 14.4 Å². The first-order chi connectivity index (χ1) is 15.1. The molecule has 3 heterocycles. The van der Waals surface area contributed by atoms with E-state index in [0.717, 1.165) is 37.7 Å². The number of aryl methyl sites for hydroxylation is 1. The Morgan fingerprint density at radius 1 is 0.968 bits per heavy atom. The topological polar surface area (TPSA) is 69.7 Å². The van der Waals surface area contributed by atoms with Gasteiger partial charge in [-0.2, -0.15) is 0 Å². The van der Waals surface area contributed by atoms with E-state index in [4.69, 9.17) is 0 Å². The van der Waals surface area contributed by atoms with Crippen molar-refractivity contribution in [3.05, 3.63) is 58.3 Å². The van der Waals surface area contributed by atoms with E-state index in [1.807, 2.05) is 52.7 Å². The minimum absolute atomic E-state index is 0.0357. The van der Waals surface area contributed by atoms with Gasteiger partial charge in [-0.05, 0) is 49.1 Å². The third kappa shape index (κ3) is 5.34. The number of amides is 3. The van der Waals surface area contributed by atoms with Crippen molar-refractivity contribution in [2.75, 3.05) is 19.6 Å². The molecule has 0 saturated carbocycles. The van der Waals surface area contributed by atoms with E-state index in [0.29, 0.717) is 30.9 Å². The first-order valence-electron chi connectivity index (χ1n) is 11.1. The third-order valence-electron chi connectivity index (χ3n) is 6.19. The fourth-order valence-electron chi connectivity index (χ4n) is 4.47. The van der Waals surface area contributed by atoms with Crippen LogP contribution in [0.5, 0.6) is 0 Å². The number of nitrogens with one attached hydrogen (secondary N) is 1. The van der Waals surface area contributed by atoms with Crippen LogP contribution in [0.4, 0.5) is 0 Å². The van der Waals surface area contributed by atoms with Gasteiger partial charge < -0.3 is 15.1 Å². The van der Waals surface area contributed by atoms with Crippen molar-refractivity contribution in [1.29, 1.82) is 0 Å². The summed E-state index contributed by atoms with van der Waals surface area (Å²) in [6, 6.07) is 13.5. The van der Waals surface area contributed by atoms with E-state index in [2.05, 4.69) is 5.32 Å². The van der Waals surface area contributed by atoms with Crippen LogP contribution in [-0.2, 0) is 16.0 Å². The molecular weight excluding hydrogens is 410 g/mol. The lowest BCUT2D eigenvalue weighted by atomic mass is 10.0. The molecule has 1 N–H and O–H groups in total. The second-order valence-corrected chi connectivity index (χ2v) is 9.23. The molecule has 0 unspecified atom stereocenters. The van der Waals surface area contributed by atoms with Gasteiger partial charge in [-0.1, -0.05) is 36.4 Å². The summed E-state index contributed by atoms with van der Waals surface area (Å²) in [6.07, 6.45) is 4.32. The number of piperidine rings is 1. The first-order valence-corrected chi connectivity index (χ1v) is 12.0. The molecule has 3 amide bonds. The summed E-state index contributed by atoms with van der Waals surface area (Å²) in [5.74, 6) is 0.0832. The van der Waals surface area contributed by atoms with Crippen molar-refractivity contribution >= 4 is 29.1 Å². The largest absolute Gasteiger partial charge is 0.353 e. The summed E-state index contributed by atoms with van der Waals surface area (Å²) in [4.78, 5) is 42.5. The fourth-order valence-corrected chi connectivity index (χ4v) is 5.14. The zero-order chi connectivity index (χ0) is 21.6. The lowest BCUT2D eigenvalue weighted by Crippen LogP contribution is -2.52. The minimum Gasteiger partial charge on any atom is -0.353 e. The van der Waals surface area contributed by atoms with Gasteiger partial charge in [-0.15, -0.1) is 11.3 Å². The van der Waals surface area contributed by atoms with Gasteiger partial charge in [0.1, 0.15) is 6.04 Å². The molecule has 1 aromatic carbocycles. The quantitative estimate of drug-likeness (QED) is 0.752. The van der Waals surface area contributed by atoms with Crippen molar-refractivity contribution in [1.82, 2.24) is 15.1 Å². The molecule has 0 spiro atoms. The van der Waals surface area contributed by atoms with Crippen LogP contribution in [0.15, 0.2) is 47.8 Å². The maximum absolute atomic E-state index is 13.1. The van der Waals surface area contributed by atoms with E-state index in [1.54, 1.807) is 4.90 Å². The van der Waals surface area contributed by atoms with Crippen LogP contribution in [-0.4, -0.2) is 59.2 Å². The van der Waals surface area contributed by atoms with Crippen LogP contribution in [0.1, 0.15) is 47.3 Å². The molecule has 4 rings (SSSR count). The molecule has 6 nitrogen and oxygen atoms in total. The van der Waals surface area contributed by atoms with Crippen molar-refractivity contribution in [2.24, 2.45) is 0 Å². The SMILES string of the molecule is O=C(CCc1ccccc1)NC1CCN(C(=O)[C@@H]2CCCN2C(=O)c2cccs2)CC1. The Morgan fingerprint density at radius 3 is 2.45 bits per heavy atom. The van der Waals surface area contributed by atoms with Gasteiger partial charge in [0.25, 0.3) is 5.91 Å². The second kappa shape index (κ2) is 10.1. The monoisotopic (exact) mass is 439 g/mol. The van der Waals surface area contributed by atoms with Crippen molar-refractivity contribution in [2.45, 2.75) is 50.6 Å². The summed E-state index contributed by atoms with van der Waals surface area (Å²) in [6.45, 7) is 1.89. The van der Waals surface area contributed by atoms with E-state index in [9.17, 15) is 14.4 Å². The van der Waals surface area contributed by atoms with Gasteiger partial charge in [-0.25, -0.2) is 0 Å². The number of thiophene rings is 1. The highest BCUT2D eigenvalue weighted by Crippen LogP contribution is 2.25.